The molecule has 3 N–H and O–H groups in total. The molecular weight excluding hydrogens is 359 g/mol. The number of nitrogens with zero attached hydrogens (tertiary/aromatic N) is 2. The molecule has 3 amide bonds. The van der Waals surface area contributed by atoms with Crippen molar-refractivity contribution in [2.24, 2.45) is 11.7 Å². The fourth-order valence-electron chi connectivity index (χ4n) is 3.86. The number of hydrogen-bond acceptors (Lipinski definition) is 3. The first-order valence-corrected chi connectivity index (χ1v) is 8.85. The average molecular weight is 385 g/mol. The maximum atomic E-state index is 12.9. The van der Waals surface area contributed by atoms with E-state index in [1.54, 1.807) is 12.1 Å². The number of amides is 3. The largest absolute Gasteiger partial charge is 0.338 e. The van der Waals surface area contributed by atoms with E-state index in [0.717, 1.165) is 18.4 Å². The molecule has 1 aromatic carbocycles. The third-order valence-electron chi connectivity index (χ3n) is 5.16. The highest BCUT2D eigenvalue weighted by Gasteiger charge is 2.39. The van der Waals surface area contributed by atoms with Gasteiger partial charge in [0.15, 0.2) is 0 Å². The Labute approximate surface area is 159 Å². The Hall–Kier alpha value is -1.86. The number of rotatable bonds is 4. The molecule has 2 fully saturated rings. The van der Waals surface area contributed by atoms with Crippen molar-refractivity contribution in [2.45, 2.75) is 31.8 Å². The van der Waals surface area contributed by atoms with Crippen molar-refractivity contribution in [3.05, 3.63) is 35.6 Å². The summed E-state index contributed by atoms with van der Waals surface area (Å²) in [6.07, 6.45) is 2.15. The second kappa shape index (κ2) is 9.19. The first-order chi connectivity index (χ1) is 12.1. The van der Waals surface area contributed by atoms with Crippen LogP contribution in [0.1, 0.15) is 24.8 Å². The fraction of sp³-hybridized carbons (Fsp3) is 0.556. The molecule has 144 valence electrons. The van der Waals surface area contributed by atoms with E-state index in [-0.39, 0.29) is 36.2 Å². The van der Waals surface area contributed by atoms with Gasteiger partial charge in [-0.1, -0.05) is 12.1 Å². The van der Waals surface area contributed by atoms with Crippen LogP contribution in [0.4, 0.5) is 9.18 Å². The lowest BCUT2D eigenvalue weighted by atomic mass is 9.83. The van der Waals surface area contributed by atoms with E-state index in [2.05, 4.69) is 5.32 Å². The highest BCUT2D eigenvalue weighted by atomic mass is 35.5. The lowest BCUT2D eigenvalue weighted by Gasteiger charge is -2.47. The van der Waals surface area contributed by atoms with Crippen LogP contribution in [0.3, 0.4) is 0 Å². The predicted molar refractivity (Wildman–Crippen MR) is 99.4 cm³/mol. The highest BCUT2D eigenvalue weighted by Crippen LogP contribution is 2.31. The number of urea groups is 1. The first-order valence-electron chi connectivity index (χ1n) is 8.85. The number of likely N-dealkylation sites (tertiary alicyclic amines) is 2. The van der Waals surface area contributed by atoms with Gasteiger partial charge in [-0.15, -0.1) is 12.4 Å². The van der Waals surface area contributed by atoms with Crippen molar-refractivity contribution >= 4 is 24.3 Å². The molecule has 0 unspecified atom stereocenters. The van der Waals surface area contributed by atoms with E-state index in [0.29, 0.717) is 45.1 Å². The molecule has 0 bridgehead atoms. The number of hydrogen-bond donors (Lipinski definition) is 2. The number of piperidine rings is 2. The van der Waals surface area contributed by atoms with E-state index in [4.69, 9.17) is 5.73 Å². The number of nitrogens with two attached hydrogens (primary N) is 1. The number of benzene rings is 1. The molecule has 3 rings (SSSR count). The molecule has 2 aliphatic heterocycles. The maximum absolute atomic E-state index is 12.9. The minimum atomic E-state index is -0.286. The Balaban J connectivity index is 0.00000243. The lowest BCUT2D eigenvalue weighted by molar-refractivity contribution is -0.140. The van der Waals surface area contributed by atoms with Crippen LogP contribution in [0.15, 0.2) is 24.3 Å². The topological polar surface area (TPSA) is 78.7 Å². The third kappa shape index (κ3) is 4.65. The zero-order valence-corrected chi connectivity index (χ0v) is 15.5. The normalized spacial score (nSPS) is 22.5. The lowest BCUT2D eigenvalue weighted by Crippen LogP contribution is -2.58. The number of fused-ring (bicyclic) bond motifs is 1. The van der Waals surface area contributed by atoms with Crippen molar-refractivity contribution in [3.8, 4) is 0 Å². The summed E-state index contributed by atoms with van der Waals surface area (Å²) in [5.74, 6) is 0.210. The highest BCUT2D eigenvalue weighted by molar-refractivity contribution is 5.85. The number of carbonyl (C=O) groups is 2. The quantitative estimate of drug-likeness (QED) is 0.829. The SMILES string of the molecule is Cl.NCCN1C(=O)CC[C@H]2CN(C(=O)NCc3ccc(F)cc3)CC[C@H]21. The van der Waals surface area contributed by atoms with E-state index >= 15 is 0 Å². The van der Waals surface area contributed by atoms with Crippen LogP contribution < -0.4 is 11.1 Å². The van der Waals surface area contributed by atoms with Gasteiger partial charge in [-0.3, -0.25) is 4.79 Å². The van der Waals surface area contributed by atoms with Crippen molar-refractivity contribution in [1.29, 1.82) is 0 Å². The van der Waals surface area contributed by atoms with Crippen molar-refractivity contribution in [2.75, 3.05) is 26.2 Å². The van der Waals surface area contributed by atoms with Crippen molar-refractivity contribution in [1.82, 2.24) is 15.1 Å². The van der Waals surface area contributed by atoms with Gasteiger partial charge in [0.05, 0.1) is 0 Å². The van der Waals surface area contributed by atoms with Crippen LogP contribution in [0.5, 0.6) is 0 Å². The maximum Gasteiger partial charge on any atom is 0.317 e. The van der Waals surface area contributed by atoms with Crippen LogP contribution >= 0.6 is 12.4 Å². The molecule has 2 atom stereocenters. The number of halogens is 2. The molecule has 0 saturated carbocycles. The van der Waals surface area contributed by atoms with E-state index in [9.17, 15) is 14.0 Å². The Morgan fingerprint density at radius 2 is 2.00 bits per heavy atom. The first kappa shape index (κ1) is 20.5. The minimum absolute atomic E-state index is 0. The van der Waals surface area contributed by atoms with Gasteiger partial charge in [-0.05, 0) is 36.5 Å². The summed E-state index contributed by atoms with van der Waals surface area (Å²) in [7, 11) is 0. The fourth-order valence-corrected chi connectivity index (χ4v) is 3.86. The smallest absolute Gasteiger partial charge is 0.317 e. The van der Waals surface area contributed by atoms with Crippen LogP contribution in [0.2, 0.25) is 0 Å². The Bertz CT molecular complexity index is 628. The summed E-state index contributed by atoms with van der Waals surface area (Å²) in [5.41, 5.74) is 6.49. The molecule has 2 saturated heterocycles. The zero-order chi connectivity index (χ0) is 17.8. The summed E-state index contributed by atoms with van der Waals surface area (Å²) in [4.78, 5) is 28.2. The Morgan fingerprint density at radius 1 is 1.27 bits per heavy atom. The summed E-state index contributed by atoms with van der Waals surface area (Å²) in [5, 5.41) is 2.89. The number of nitrogens with one attached hydrogen (secondary N) is 1. The van der Waals surface area contributed by atoms with Gasteiger partial charge in [0.2, 0.25) is 5.91 Å². The van der Waals surface area contributed by atoms with Gasteiger partial charge in [0.25, 0.3) is 0 Å². The molecule has 1 aromatic rings. The van der Waals surface area contributed by atoms with Crippen LogP contribution in [-0.4, -0.2) is 54.0 Å². The van der Waals surface area contributed by atoms with Gasteiger partial charge in [-0.25, -0.2) is 9.18 Å². The van der Waals surface area contributed by atoms with E-state index in [1.807, 2.05) is 9.80 Å². The molecule has 8 heteroatoms. The predicted octanol–water partition coefficient (Wildman–Crippen LogP) is 1.73. The molecule has 2 heterocycles. The van der Waals surface area contributed by atoms with Crippen LogP contribution in [0.25, 0.3) is 0 Å². The standard InChI is InChI=1S/C18H25FN4O2.ClH/c19-15-4-1-13(2-5-15)11-21-18(25)22-9-7-16-14(12-22)3-6-17(24)23(16)10-8-20;/h1-2,4-5,14,16H,3,6-12,20H2,(H,21,25);1H/t14-,16+;/m0./s1. The molecule has 0 spiro atoms. The minimum Gasteiger partial charge on any atom is -0.338 e. The van der Waals surface area contributed by atoms with Gasteiger partial charge in [0.1, 0.15) is 5.82 Å². The third-order valence-corrected chi connectivity index (χ3v) is 5.16. The second-order valence-corrected chi connectivity index (χ2v) is 6.76. The molecule has 0 aromatic heterocycles. The van der Waals surface area contributed by atoms with Gasteiger partial charge >= 0.3 is 6.03 Å². The van der Waals surface area contributed by atoms with Crippen LogP contribution in [0, 0.1) is 11.7 Å². The van der Waals surface area contributed by atoms with Gasteiger partial charge in [0, 0.05) is 45.2 Å². The summed E-state index contributed by atoms with van der Waals surface area (Å²) >= 11 is 0. The molecule has 0 aliphatic carbocycles. The Morgan fingerprint density at radius 3 is 2.69 bits per heavy atom. The molecular formula is C18H26ClFN4O2. The van der Waals surface area contributed by atoms with Crippen molar-refractivity contribution in [3.63, 3.8) is 0 Å². The molecule has 2 aliphatic rings. The summed E-state index contributed by atoms with van der Waals surface area (Å²) < 4.78 is 12.9. The van der Waals surface area contributed by atoms with E-state index < -0.39 is 0 Å². The van der Waals surface area contributed by atoms with Crippen LogP contribution in [-0.2, 0) is 11.3 Å². The second-order valence-electron chi connectivity index (χ2n) is 6.76. The monoisotopic (exact) mass is 384 g/mol. The average Bonchev–Trinajstić information content (AvgIpc) is 2.63. The molecule has 0 radical (unpaired) electrons. The van der Waals surface area contributed by atoms with Gasteiger partial charge in [-0.2, -0.15) is 0 Å². The van der Waals surface area contributed by atoms with Crippen molar-refractivity contribution < 1.29 is 14.0 Å². The Kier molecular flexibility index (Phi) is 7.23. The van der Waals surface area contributed by atoms with E-state index in [1.165, 1.54) is 12.1 Å². The summed E-state index contributed by atoms with van der Waals surface area (Å²) in [6.45, 7) is 2.73. The van der Waals surface area contributed by atoms with Gasteiger partial charge < -0.3 is 20.9 Å². The molecule has 26 heavy (non-hydrogen) atoms. The summed E-state index contributed by atoms with van der Waals surface area (Å²) in [6, 6.07) is 6.20. The molecule has 6 nitrogen and oxygen atoms in total. The zero-order valence-electron chi connectivity index (χ0n) is 14.7. The number of carbonyl (C=O) groups excluding carboxylic acids is 2.